The SMILES string of the molecule is O=[N+]([O-])c1ccc2nc(N3CCCNCC3)[nH]c2c1. The Morgan fingerprint density at radius 2 is 2.21 bits per heavy atom. The van der Waals surface area contributed by atoms with Crippen molar-refractivity contribution in [3.63, 3.8) is 0 Å². The van der Waals surface area contributed by atoms with Crippen molar-refractivity contribution >= 4 is 22.7 Å². The molecule has 0 spiro atoms. The van der Waals surface area contributed by atoms with Gasteiger partial charge < -0.3 is 15.2 Å². The van der Waals surface area contributed by atoms with E-state index in [0.717, 1.165) is 44.1 Å². The minimum absolute atomic E-state index is 0.0835. The Bertz CT molecular complexity index is 601. The molecule has 1 aromatic heterocycles. The molecule has 1 aromatic carbocycles. The Kier molecular flexibility index (Phi) is 3.04. The average molecular weight is 261 g/mol. The summed E-state index contributed by atoms with van der Waals surface area (Å²) in [6.07, 6.45) is 1.07. The summed E-state index contributed by atoms with van der Waals surface area (Å²) in [4.78, 5) is 20.2. The number of rotatable bonds is 2. The fourth-order valence-corrected chi connectivity index (χ4v) is 2.31. The van der Waals surface area contributed by atoms with Crippen molar-refractivity contribution < 1.29 is 4.92 Å². The fraction of sp³-hybridized carbons (Fsp3) is 0.417. The average Bonchev–Trinajstić information content (AvgIpc) is 2.64. The number of H-pyrrole nitrogens is 1. The molecule has 0 unspecified atom stereocenters. The molecule has 3 rings (SSSR count). The Balaban J connectivity index is 1.94. The molecule has 0 amide bonds. The largest absolute Gasteiger partial charge is 0.341 e. The van der Waals surface area contributed by atoms with Gasteiger partial charge in [0.25, 0.3) is 5.69 Å². The molecule has 0 atom stereocenters. The van der Waals surface area contributed by atoms with Crippen molar-refractivity contribution in [3.8, 4) is 0 Å². The Hall–Kier alpha value is -2.15. The maximum absolute atomic E-state index is 10.8. The third-order valence-corrected chi connectivity index (χ3v) is 3.30. The van der Waals surface area contributed by atoms with Crippen LogP contribution in [-0.2, 0) is 0 Å². The van der Waals surface area contributed by atoms with Gasteiger partial charge >= 0.3 is 0 Å². The van der Waals surface area contributed by atoms with Gasteiger partial charge in [-0.25, -0.2) is 4.98 Å². The number of imidazole rings is 1. The van der Waals surface area contributed by atoms with Gasteiger partial charge in [0, 0.05) is 31.8 Å². The number of nitro groups is 1. The topological polar surface area (TPSA) is 87.1 Å². The van der Waals surface area contributed by atoms with Crippen molar-refractivity contribution in [1.29, 1.82) is 0 Å². The summed E-state index contributed by atoms with van der Waals surface area (Å²) in [5.41, 5.74) is 1.56. The summed E-state index contributed by atoms with van der Waals surface area (Å²) in [6, 6.07) is 4.70. The molecular formula is C12H15N5O2. The molecule has 7 nitrogen and oxygen atoms in total. The van der Waals surface area contributed by atoms with Crippen molar-refractivity contribution in [2.75, 3.05) is 31.1 Å². The Labute approximate surface area is 109 Å². The highest BCUT2D eigenvalue weighted by atomic mass is 16.6. The van der Waals surface area contributed by atoms with E-state index in [4.69, 9.17) is 0 Å². The van der Waals surface area contributed by atoms with Crippen LogP contribution in [0, 0.1) is 10.1 Å². The van der Waals surface area contributed by atoms with Crippen LogP contribution >= 0.6 is 0 Å². The summed E-state index contributed by atoms with van der Waals surface area (Å²) in [5.74, 6) is 0.791. The predicted octanol–water partition coefficient (Wildman–Crippen LogP) is 1.27. The lowest BCUT2D eigenvalue weighted by atomic mass is 10.3. The Morgan fingerprint density at radius 1 is 1.32 bits per heavy atom. The third-order valence-electron chi connectivity index (χ3n) is 3.30. The van der Waals surface area contributed by atoms with Crippen LogP contribution in [0.4, 0.5) is 11.6 Å². The van der Waals surface area contributed by atoms with Crippen LogP contribution in [0.2, 0.25) is 0 Å². The quantitative estimate of drug-likeness (QED) is 0.628. The lowest BCUT2D eigenvalue weighted by molar-refractivity contribution is -0.384. The van der Waals surface area contributed by atoms with Gasteiger partial charge in [0.1, 0.15) is 0 Å². The number of anilines is 1. The lowest BCUT2D eigenvalue weighted by Gasteiger charge is -2.18. The van der Waals surface area contributed by atoms with Gasteiger partial charge in [-0.1, -0.05) is 0 Å². The predicted molar refractivity (Wildman–Crippen MR) is 72.4 cm³/mol. The second kappa shape index (κ2) is 4.85. The van der Waals surface area contributed by atoms with Gasteiger partial charge in [0.15, 0.2) is 0 Å². The molecule has 1 saturated heterocycles. The molecular weight excluding hydrogens is 246 g/mol. The first-order valence-corrected chi connectivity index (χ1v) is 6.34. The third kappa shape index (κ3) is 2.37. The van der Waals surface area contributed by atoms with Crippen molar-refractivity contribution in [2.45, 2.75) is 6.42 Å². The second-order valence-corrected chi connectivity index (χ2v) is 4.61. The van der Waals surface area contributed by atoms with E-state index in [1.54, 1.807) is 6.07 Å². The van der Waals surface area contributed by atoms with Gasteiger partial charge in [-0.05, 0) is 19.0 Å². The van der Waals surface area contributed by atoms with Crippen molar-refractivity contribution in [1.82, 2.24) is 15.3 Å². The number of non-ortho nitro benzene ring substituents is 1. The lowest BCUT2D eigenvalue weighted by Crippen LogP contribution is -2.28. The minimum atomic E-state index is -0.393. The zero-order valence-corrected chi connectivity index (χ0v) is 10.4. The molecule has 19 heavy (non-hydrogen) atoms. The number of benzene rings is 1. The molecule has 2 heterocycles. The summed E-state index contributed by atoms with van der Waals surface area (Å²) in [6.45, 7) is 3.77. The molecule has 1 aliphatic heterocycles. The number of nitrogens with zero attached hydrogens (tertiary/aromatic N) is 3. The summed E-state index contributed by atoms with van der Waals surface area (Å²) in [5, 5.41) is 14.1. The van der Waals surface area contributed by atoms with Crippen LogP contribution in [0.3, 0.4) is 0 Å². The van der Waals surface area contributed by atoms with E-state index in [-0.39, 0.29) is 5.69 Å². The molecule has 0 saturated carbocycles. The van der Waals surface area contributed by atoms with E-state index in [0.29, 0.717) is 5.52 Å². The van der Waals surface area contributed by atoms with Gasteiger partial charge in [-0.2, -0.15) is 0 Å². The highest BCUT2D eigenvalue weighted by molar-refractivity contribution is 5.80. The number of fused-ring (bicyclic) bond motifs is 1. The molecule has 1 aliphatic rings. The van der Waals surface area contributed by atoms with E-state index in [2.05, 4.69) is 20.2 Å². The summed E-state index contributed by atoms with van der Waals surface area (Å²) in [7, 11) is 0. The standard InChI is InChI=1S/C12H15N5O2/c18-17(19)9-2-3-10-11(8-9)15-12(14-10)16-6-1-4-13-5-7-16/h2-3,8,13H,1,4-7H2,(H,14,15). The molecule has 2 N–H and O–H groups in total. The minimum Gasteiger partial charge on any atom is -0.341 e. The summed E-state index contributed by atoms with van der Waals surface area (Å²) >= 11 is 0. The van der Waals surface area contributed by atoms with E-state index in [1.165, 1.54) is 12.1 Å². The van der Waals surface area contributed by atoms with Crippen molar-refractivity contribution in [3.05, 3.63) is 28.3 Å². The highest BCUT2D eigenvalue weighted by Gasteiger charge is 2.15. The van der Waals surface area contributed by atoms with E-state index in [1.807, 2.05) is 0 Å². The highest BCUT2D eigenvalue weighted by Crippen LogP contribution is 2.22. The van der Waals surface area contributed by atoms with E-state index < -0.39 is 4.92 Å². The van der Waals surface area contributed by atoms with E-state index >= 15 is 0 Å². The normalized spacial score (nSPS) is 16.5. The van der Waals surface area contributed by atoms with E-state index in [9.17, 15) is 10.1 Å². The molecule has 7 heteroatoms. The first-order valence-electron chi connectivity index (χ1n) is 6.34. The molecule has 0 aliphatic carbocycles. The monoisotopic (exact) mass is 261 g/mol. The van der Waals surface area contributed by atoms with Gasteiger partial charge in [0.2, 0.25) is 5.95 Å². The number of aromatic nitrogens is 2. The zero-order valence-electron chi connectivity index (χ0n) is 10.4. The van der Waals surface area contributed by atoms with Gasteiger partial charge in [-0.15, -0.1) is 0 Å². The van der Waals surface area contributed by atoms with Crippen LogP contribution in [0.1, 0.15) is 6.42 Å². The molecule has 0 radical (unpaired) electrons. The van der Waals surface area contributed by atoms with Crippen LogP contribution < -0.4 is 10.2 Å². The number of nitrogens with one attached hydrogen (secondary N) is 2. The summed E-state index contributed by atoms with van der Waals surface area (Å²) < 4.78 is 0. The molecule has 0 bridgehead atoms. The maximum Gasteiger partial charge on any atom is 0.271 e. The van der Waals surface area contributed by atoms with Crippen LogP contribution in [0.25, 0.3) is 11.0 Å². The number of aromatic amines is 1. The number of nitro benzene ring substituents is 1. The number of hydrogen-bond donors (Lipinski definition) is 2. The second-order valence-electron chi connectivity index (χ2n) is 4.61. The van der Waals surface area contributed by atoms with Gasteiger partial charge in [-0.3, -0.25) is 10.1 Å². The first-order chi connectivity index (χ1) is 9.24. The molecule has 1 fully saturated rings. The van der Waals surface area contributed by atoms with Gasteiger partial charge in [0.05, 0.1) is 16.0 Å². The van der Waals surface area contributed by atoms with Crippen LogP contribution in [-0.4, -0.2) is 41.1 Å². The fourth-order valence-electron chi connectivity index (χ4n) is 2.31. The number of hydrogen-bond acceptors (Lipinski definition) is 5. The van der Waals surface area contributed by atoms with Crippen LogP contribution in [0.5, 0.6) is 0 Å². The zero-order chi connectivity index (χ0) is 13.2. The van der Waals surface area contributed by atoms with Crippen LogP contribution in [0.15, 0.2) is 18.2 Å². The maximum atomic E-state index is 10.8. The van der Waals surface area contributed by atoms with Crippen molar-refractivity contribution in [2.24, 2.45) is 0 Å². The smallest absolute Gasteiger partial charge is 0.271 e. The first kappa shape index (κ1) is 11.9. The molecule has 2 aromatic rings. The Morgan fingerprint density at radius 3 is 3.05 bits per heavy atom. The molecule has 100 valence electrons.